The van der Waals surface area contributed by atoms with E-state index < -0.39 is 6.16 Å². The van der Waals surface area contributed by atoms with Crippen LogP contribution in [0.2, 0.25) is 0 Å². The molecule has 4 aliphatic rings. The topological polar surface area (TPSA) is 93.7 Å². The average Bonchev–Trinajstić information content (AvgIpc) is 2.70. The van der Waals surface area contributed by atoms with Crippen LogP contribution in [-0.4, -0.2) is 37.7 Å². The van der Waals surface area contributed by atoms with Crippen molar-refractivity contribution in [2.45, 2.75) is 51.9 Å². The Labute approximate surface area is 183 Å². The van der Waals surface area contributed by atoms with Gasteiger partial charge in [0.1, 0.15) is 5.75 Å². The summed E-state index contributed by atoms with van der Waals surface area (Å²) in [5, 5.41) is 5.79. The molecule has 168 valence electrons. The Bertz CT molecular complexity index is 784. The van der Waals surface area contributed by atoms with Gasteiger partial charge in [-0.05, 0) is 92.9 Å². The van der Waals surface area contributed by atoms with E-state index in [2.05, 4.69) is 10.6 Å². The monoisotopic (exact) mass is 428 g/mol. The van der Waals surface area contributed by atoms with Crippen molar-refractivity contribution in [1.29, 1.82) is 0 Å². The van der Waals surface area contributed by atoms with Crippen molar-refractivity contribution in [2.75, 3.05) is 19.7 Å². The van der Waals surface area contributed by atoms with Crippen molar-refractivity contribution in [3.05, 3.63) is 29.8 Å². The van der Waals surface area contributed by atoms with E-state index in [0.717, 1.165) is 17.8 Å². The number of amides is 2. The third-order valence-electron chi connectivity index (χ3n) is 7.01. The highest BCUT2D eigenvalue weighted by Crippen LogP contribution is 2.61. The van der Waals surface area contributed by atoms with E-state index in [0.29, 0.717) is 30.8 Å². The number of ether oxygens (including phenoxy) is 2. The zero-order chi connectivity index (χ0) is 21.8. The lowest BCUT2D eigenvalue weighted by Gasteiger charge is -2.56. The molecule has 7 nitrogen and oxygen atoms in total. The molecule has 0 atom stereocenters. The Kier molecular flexibility index (Phi) is 6.49. The zero-order valence-electron chi connectivity index (χ0n) is 18.2. The molecule has 4 fully saturated rings. The minimum Gasteiger partial charge on any atom is -0.434 e. The maximum Gasteiger partial charge on any atom is 0.513 e. The molecule has 4 saturated carbocycles. The molecule has 1 aromatic rings. The van der Waals surface area contributed by atoms with E-state index in [4.69, 9.17) is 9.47 Å². The van der Waals surface area contributed by atoms with Gasteiger partial charge in [-0.3, -0.25) is 9.59 Å². The molecular formula is C24H32N2O5. The van der Waals surface area contributed by atoms with E-state index in [1.807, 2.05) is 0 Å². The van der Waals surface area contributed by atoms with Crippen LogP contribution in [0, 0.1) is 23.2 Å². The number of benzene rings is 1. The summed E-state index contributed by atoms with van der Waals surface area (Å²) in [5.41, 5.74) is 0.686. The third kappa shape index (κ3) is 5.38. The third-order valence-corrected chi connectivity index (χ3v) is 7.01. The van der Waals surface area contributed by atoms with Gasteiger partial charge in [-0.1, -0.05) is 0 Å². The number of hydrogen-bond donors (Lipinski definition) is 2. The van der Waals surface area contributed by atoms with Gasteiger partial charge in [-0.2, -0.15) is 0 Å². The van der Waals surface area contributed by atoms with Crippen LogP contribution in [0.15, 0.2) is 24.3 Å². The molecule has 7 heteroatoms. The molecule has 0 saturated heterocycles. The van der Waals surface area contributed by atoms with Gasteiger partial charge in [-0.15, -0.1) is 0 Å². The fraction of sp³-hybridized carbons (Fsp3) is 0.625. The summed E-state index contributed by atoms with van der Waals surface area (Å²) >= 11 is 0. The van der Waals surface area contributed by atoms with E-state index >= 15 is 0 Å². The van der Waals surface area contributed by atoms with E-state index in [9.17, 15) is 14.4 Å². The molecule has 2 amide bonds. The Hall–Kier alpha value is -2.57. The van der Waals surface area contributed by atoms with Crippen LogP contribution in [0.4, 0.5) is 4.79 Å². The first-order chi connectivity index (χ1) is 14.9. The molecule has 0 unspecified atom stereocenters. The first-order valence-electron chi connectivity index (χ1n) is 11.4. The minimum absolute atomic E-state index is 0.108. The van der Waals surface area contributed by atoms with Crippen molar-refractivity contribution in [1.82, 2.24) is 10.6 Å². The zero-order valence-corrected chi connectivity index (χ0v) is 18.2. The van der Waals surface area contributed by atoms with Crippen molar-refractivity contribution < 1.29 is 23.9 Å². The Morgan fingerprint density at radius 2 is 1.52 bits per heavy atom. The van der Waals surface area contributed by atoms with Gasteiger partial charge in [0.15, 0.2) is 0 Å². The first kappa shape index (κ1) is 21.7. The maximum atomic E-state index is 12.5. The highest BCUT2D eigenvalue weighted by atomic mass is 16.7. The van der Waals surface area contributed by atoms with Gasteiger partial charge < -0.3 is 20.1 Å². The fourth-order valence-corrected chi connectivity index (χ4v) is 6.31. The molecule has 2 N–H and O–H groups in total. The van der Waals surface area contributed by atoms with E-state index in [-0.39, 0.29) is 23.8 Å². The SMILES string of the molecule is CCOC(=O)Oc1ccc(C(=O)NCCNC(=O)CC23CC4CC(CC(C4)C2)C3)cc1. The van der Waals surface area contributed by atoms with Gasteiger partial charge in [0.2, 0.25) is 5.91 Å². The molecule has 0 aromatic heterocycles. The van der Waals surface area contributed by atoms with Crippen LogP contribution < -0.4 is 15.4 Å². The molecule has 31 heavy (non-hydrogen) atoms. The van der Waals surface area contributed by atoms with Crippen molar-refractivity contribution in [2.24, 2.45) is 23.2 Å². The second kappa shape index (κ2) is 9.28. The van der Waals surface area contributed by atoms with E-state index in [1.165, 1.54) is 38.5 Å². The molecule has 0 aliphatic heterocycles. The normalized spacial score (nSPS) is 28.1. The van der Waals surface area contributed by atoms with Gasteiger partial charge in [-0.25, -0.2) is 4.79 Å². The largest absolute Gasteiger partial charge is 0.513 e. The van der Waals surface area contributed by atoms with Crippen molar-refractivity contribution >= 4 is 18.0 Å². The summed E-state index contributed by atoms with van der Waals surface area (Å²) in [6, 6.07) is 6.24. The summed E-state index contributed by atoms with van der Waals surface area (Å²) in [6.07, 6.45) is 7.65. The molecule has 4 aliphatic carbocycles. The van der Waals surface area contributed by atoms with Crippen molar-refractivity contribution in [3.8, 4) is 5.75 Å². The lowest BCUT2D eigenvalue weighted by molar-refractivity contribution is -0.129. The molecule has 1 aromatic carbocycles. The predicted octanol–water partition coefficient (Wildman–Crippen LogP) is 3.67. The Balaban J connectivity index is 1.16. The highest BCUT2D eigenvalue weighted by Gasteiger charge is 2.51. The number of carbonyl (C=O) groups excluding carboxylic acids is 3. The van der Waals surface area contributed by atoms with Crippen LogP contribution in [0.1, 0.15) is 62.2 Å². The van der Waals surface area contributed by atoms with Gasteiger partial charge in [0.25, 0.3) is 5.91 Å². The maximum absolute atomic E-state index is 12.5. The lowest BCUT2D eigenvalue weighted by atomic mass is 9.49. The predicted molar refractivity (Wildman–Crippen MR) is 115 cm³/mol. The average molecular weight is 429 g/mol. The number of hydrogen-bond acceptors (Lipinski definition) is 5. The quantitative estimate of drug-likeness (QED) is 0.374. The molecule has 0 radical (unpaired) electrons. The highest BCUT2D eigenvalue weighted by molar-refractivity contribution is 5.94. The lowest BCUT2D eigenvalue weighted by Crippen LogP contribution is -2.48. The molecule has 5 rings (SSSR count). The van der Waals surface area contributed by atoms with Gasteiger partial charge >= 0.3 is 6.16 Å². The fourth-order valence-electron chi connectivity index (χ4n) is 6.31. The Morgan fingerprint density at radius 3 is 2.10 bits per heavy atom. The molecular weight excluding hydrogens is 396 g/mol. The van der Waals surface area contributed by atoms with Crippen LogP contribution in [0.5, 0.6) is 5.75 Å². The van der Waals surface area contributed by atoms with Crippen LogP contribution in [0.3, 0.4) is 0 Å². The molecule has 0 heterocycles. The standard InChI is InChI=1S/C24H32N2O5/c1-2-30-23(29)31-20-5-3-19(4-6-20)22(28)26-8-7-25-21(27)15-24-12-16-9-17(13-24)11-18(10-16)14-24/h3-6,16-18H,2,7-15H2,1H3,(H,25,27)(H,26,28). The summed E-state index contributed by atoms with van der Waals surface area (Å²) in [5.74, 6) is 2.70. The number of nitrogens with one attached hydrogen (secondary N) is 2. The number of carbonyl (C=O) groups is 3. The van der Waals surface area contributed by atoms with E-state index in [1.54, 1.807) is 31.2 Å². The number of rotatable bonds is 8. The summed E-state index contributed by atoms with van der Waals surface area (Å²) in [6.45, 7) is 2.71. The van der Waals surface area contributed by atoms with Gasteiger partial charge in [0.05, 0.1) is 6.61 Å². The van der Waals surface area contributed by atoms with Crippen LogP contribution >= 0.6 is 0 Å². The van der Waals surface area contributed by atoms with Gasteiger partial charge in [0, 0.05) is 25.1 Å². The second-order valence-corrected chi connectivity index (χ2v) is 9.51. The molecule has 0 spiro atoms. The Morgan fingerprint density at radius 1 is 0.935 bits per heavy atom. The minimum atomic E-state index is -0.774. The summed E-state index contributed by atoms with van der Waals surface area (Å²) in [7, 11) is 0. The van der Waals surface area contributed by atoms with Crippen LogP contribution in [-0.2, 0) is 9.53 Å². The van der Waals surface area contributed by atoms with Crippen LogP contribution in [0.25, 0.3) is 0 Å². The first-order valence-corrected chi connectivity index (χ1v) is 11.4. The van der Waals surface area contributed by atoms with Crippen molar-refractivity contribution in [3.63, 3.8) is 0 Å². The summed E-state index contributed by atoms with van der Waals surface area (Å²) < 4.78 is 9.68. The summed E-state index contributed by atoms with van der Waals surface area (Å²) in [4.78, 5) is 36.1. The smallest absolute Gasteiger partial charge is 0.434 e. The molecule has 4 bridgehead atoms. The second-order valence-electron chi connectivity index (χ2n) is 9.51.